The van der Waals surface area contributed by atoms with Crippen molar-refractivity contribution in [1.29, 1.82) is 0 Å². The van der Waals surface area contributed by atoms with Gasteiger partial charge in [-0.25, -0.2) is 4.79 Å². The molecule has 1 aromatic heterocycles. The quantitative estimate of drug-likeness (QED) is 0.847. The van der Waals surface area contributed by atoms with Crippen LogP contribution in [0.3, 0.4) is 0 Å². The van der Waals surface area contributed by atoms with E-state index in [4.69, 9.17) is 9.15 Å². The van der Waals surface area contributed by atoms with Gasteiger partial charge in [0.15, 0.2) is 0 Å². The number of fused-ring (bicyclic) bond motifs is 3. The maximum Gasteiger partial charge on any atom is 0.339 e. The van der Waals surface area contributed by atoms with Gasteiger partial charge in [-0.1, -0.05) is 0 Å². The first-order valence-electron chi connectivity index (χ1n) is 8.36. The minimum atomic E-state index is -0.254. The minimum Gasteiger partial charge on any atom is -0.507 e. The lowest BCUT2D eigenvalue weighted by Crippen LogP contribution is -2.26. The molecule has 2 aromatic rings. The molecule has 4 rings (SSSR count). The first-order valence-corrected chi connectivity index (χ1v) is 8.36. The van der Waals surface area contributed by atoms with Gasteiger partial charge in [0, 0.05) is 30.6 Å². The number of nitrogens with one attached hydrogen (secondary N) is 1. The number of aryl methyl sites for hydroxylation is 1. The Balaban J connectivity index is 1.66. The number of hydrogen-bond donors (Lipinski definition) is 2. The number of aromatic hydroxyl groups is 1. The normalized spacial score (nSPS) is 20.3. The van der Waals surface area contributed by atoms with E-state index in [2.05, 4.69) is 5.32 Å². The first kappa shape index (κ1) is 14.7. The highest BCUT2D eigenvalue weighted by molar-refractivity contribution is 5.86. The van der Waals surface area contributed by atoms with Crippen LogP contribution >= 0.6 is 0 Å². The van der Waals surface area contributed by atoms with E-state index in [1.54, 1.807) is 6.07 Å². The Hall–Kier alpha value is -1.85. The Morgan fingerprint density at radius 2 is 2.09 bits per heavy atom. The Morgan fingerprint density at radius 1 is 1.22 bits per heavy atom. The van der Waals surface area contributed by atoms with Crippen LogP contribution in [0.15, 0.2) is 21.3 Å². The van der Waals surface area contributed by atoms with Crippen LogP contribution in [0.4, 0.5) is 0 Å². The number of hydrogen-bond acceptors (Lipinski definition) is 5. The van der Waals surface area contributed by atoms with Crippen molar-refractivity contribution >= 4 is 11.0 Å². The molecule has 0 radical (unpaired) electrons. The monoisotopic (exact) mass is 315 g/mol. The topological polar surface area (TPSA) is 71.7 Å². The highest BCUT2D eigenvalue weighted by Gasteiger charge is 2.22. The molecular formula is C18H21NO4. The van der Waals surface area contributed by atoms with E-state index in [0.29, 0.717) is 17.7 Å². The zero-order valence-electron chi connectivity index (χ0n) is 13.1. The molecule has 2 heterocycles. The SMILES string of the molecule is O=c1oc2c(CNC[C@@H]3CCCO3)c(O)ccc2c2c1CCC2. The Kier molecular flexibility index (Phi) is 3.83. The predicted octanol–water partition coefficient (Wildman–Crippen LogP) is 2.26. The Labute approximate surface area is 134 Å². The van der Waals surface area contributed by atoms with E-state index < -0.39 is 0 Å². The summed E-state index contributed by atoms with van der Waals surface area (Å²) in [5.74, 6) is 0.165. The standard InChI is InChI=1S/C18H21NO4/c20-16-7-6-13-12-4-1-5-14(12)18(21)23-17(13)15(16)10-19-9-11-3-2-8-22-11/h6-7,11,19-20H,1-5,8-10H2/t11-/m0/s1. The number of rotatable bonds is 4. The van der Waals surface area contributed by atoms with Gasteiger partial charge in [-0.15, -0.1) is 0 Å². The maximum absolute atomic E-state index is 12.2. The van der Waals surface area contributed by atoms with Crippen molar-refractivity contribution in [2.75, 3.05) is 13.2 Å². The van der Waals surface area contributed by atoms with Crippen LogP contribution in [0.25, 0.3) is 11.0 Å². The van der Waals surface area contributed by atoms with Crippen molar-refractivity contribution in [2.24, 2.45) is 0 Å². The van der Waals surface area contributed by atoms with Crippen molar-refractivity contribution in [3.8, 4) is 5.75 Å². The summed E-state index contributed by atoms with van der Waals surface area (Å²) in [6.45, 7) is 2.03. The van der Waals surface area contributed by atoms with E-state index in [1.165, 1.54) is 0 Å². The first-order chi connectivity index (χ1) is 11.2. The summed E-state index contributed by atoms with van der Waals surface area (Å²) >= 11 is 0. The second kappa shape index (κ2) is 5.98. The fourth-order valence-electron chi connectivity index (χ4n) is 3.73. The molecule has 1 aliphatic heterocycles. The average Bonchev–Trinajstić information content (AvgIpc) is 3.21. The molecular weight excluding hydrogens is 294 g/mol. The molecule has 1 fully saturated rings. The molecule has 2 N–H and O–H groups in total. The average molecular weight is 315 g/mol. The van der Waals surface area contributed by atoms with Crippen molar-refractivity contribution in [2.45, 2.75) is 44.8 Å². The van der Waals surface area contributed by atoms with E-state index in [0.717, 1.165) is 61.8 Å². The fourth-order valence-corrected chi connectivity index (χ4v) is 3.73. The number of phenols is 1. The van der Waals surface area contributed by atoms with Gasteiger partial charge in [-0.3, -0.25) is 0 Å². The van der Waals surface area contributed by atoms with Crippen LogP contribution in [0.5, 0.6) is 5.75 Å². The van der Waals surface area contributed by atoms with Crippen LogP contribution in [0, 0.1) is 0 Å². The van der Waals surface area contributed by atoms with E-state index in [1.807, 2.05) is 6.07 Å². The summed E-state index contributed by atoms with van der Waals surface area (Å²) in [7, 11) is 0. The molecule has 0 saturated carbocycles. The van der Waals surface area contributed by atoms with Crippen molar-refractivity contribution in [1.82, 2.24) is 5.32 Å². The Bertz CT molecular complexity index is 790. The molecule has 0 unspecified atom stereocenters. The summed E-state index contributed by atoms with van der Waals surface area (Å²) in [6.07, 6.45) is 5.10. The third kappa shape index (κ3) is 2.64. The highest BCUT2D eigenvalue weighted by atomic mass is 16.5. The summed E-state index contributed by atoms with van der Waals surface area (Å²) in [4.78, 5) is 12.2. The van der Waals surface area contributed by atoms with Gasteiger partial charge in [0.25, 0.3) is 0 Å². The van der Waals surface area contributed by atoms with E-state index in [9.17, 15) is 9.90 Å². The predicted molar refractivity (Wildman–Crippen MR) is 86.9 cm³/mol. The lowest BCUT2D eigenvalue weighted by molar-refractivity contribution is 0.110. The van der Waals surface area contributed by atoms with Crippen molar-refractivity contribution in [3.05, 3.63) is 39.2 Å². The number of phenolic OH excluding ortho intramolecular Hbond substituents is 1. The third-order valence-electron chi connectivity index (χ3n) is 4.92. The summed E-state index contributed by atoms with van der Waals surface area (Å²) in [5.41, 5.74) is 2.83. The summed E-state index contributed by atoms with van der Waals surface area (Å²) < 4.78 is 11.1. The van der Waals surface area contributed by atoms with Crippen molar-refractivity contribution < 1.29 is 14.3 Å². The van der Waals surface area contributed by atoms with Crippen LogP contribution < -0.4 is 10.9 Å². The molecule has 1 saturated heterocycles. The van der Waals surface area contributed by atoms with Gasteiger partial charge < -0.3 is 19.6 Å². The van der Waals surface area contributed by atoms with Gasteiger partial charge in [0.1, 0.15) is 11.3 Å². The Morgan fingerprint density at radius 3 is 2.91 bits per heavy atom. The molecule has 1 atom stereocenters. The fraction of sp³-hybridized carbons (Fsp3) is 0.500. The molecule has 5 nitrogen and oxygen atoms in total. The van der Waals surface area contributed by atoms with Gasteiger partial charge >= 0.3 is 5.63 Å². The van der Waals surface area contributed by atoms with Crippen LogP contribution in [-0.4, -0.2) is 24.4 Å². The summed E-state index contributed by atoms with van der Waals surface area (Å²) in [5, 5.41) is 14.5. The second-order valence-corrected chi connectivity index (χ2v) is 6.41. The molecule has 1 aliphatic carbocycles. The lowest BCUT2D eigenvalue weighted by atomic mass is 10.0. The maximum atomic E-state index is 12.2. The number of benzene rings is 1. The van der Waals surface area contributed by atoms with Gasteiger partial charge in [-0.2, -0.15) is 0 Å². The van der Waals surface area contributed by atoms with E-state index >= 15 is 0 Å². The molecule has 5 heteroatoms. The zero-order valence-corrected chi connectivity index (χ0v) is 13.1. The largest absolute Gasteiger partial charge is 0.507 e. The van der Waals surface area contributed by atoms with Crippen LogP contribution in [0.1, 0.15) is 36.0 Å². The molecule has 0 spiro atoms. The molecule has 0 bridgehead atoms. The van der Waals surface area contributed by atoms with Crippen molar-refractivity contribution in [3.63, 3.8) is 0 Å². The molecule has 122 valence electrons. The molecule has 2 aliphatic rings. The third-order valence-corrected chi connectivity index (χ3v) is 4.92. The molecule has 23 heavy (non-hydrogen) atoms. The van der Waals surface area contributed by atoms with E-state index in [-0.39, 0.29) is 17.5 Å². The smallest absolute Gasteiger partial charge is 0.339 e. The van der Waals surface area contributed by atoms with Crippen LogP contribution in [0.2, 0.25) is 0 Å². The van der Waals surface area contributed by atoms with Gasteiger partial charge in [0.2, 0.25) is 0 Å². The molecule has 1 aromatic carbocycles. The van der Waals surface area contributed by atoms with Gasteiger partial charge in [0.05, 0.1) is 11.7 Å². The second-order valence-electron chi connectivity index (χ2n) is 6.41. The highest BCUT2D eigenvalue weighted by Crippen LogP contribution is 2.32. The summed E-state index contributed by atoms with van der Waals surface area (Å²) in [6, 6.07) is 3.56. The van der Waals surface area contributed by atoms with Crippen LogP contribution in [-0.2, 0) is 24.1 Å². The van der Waals surface area contributed by atoms with Gasteiger partial charge in [-0.05, 0) is 49.8 Å². The molecule has 0 amide bonds. The zero-order chi connectivity index (χ0) is 15.8. The number of ether oxygens (including phenoxy) is 1. The lowest BCUT2D eigenvalue weighted by Gasteiger charge is -2.13. The minimum absolute atomic E-state index is 0.165.